The van der Waals surface area contributed by atoms with Crippen LogP contribution in [0.15, 0.2) is 70.5 Å². The van der Waals surface area contributed by atoms with Crippen molar-refractivity contribution in [1.82, 2.24) is 28.9 Å². The fraction of sp³-hybridized carbons (Fsp3) is 0.310. The Bertz CT molecular complexity index is 2800. The second kappa shape index (κ2) is 13.7. The van der Waals surface area contributed by atoms with Gasteiger partial charge in [-0.3, -0.25) is 33.7 Å². The minimum Gasteiger partial charge on any atom is -0.507 e. The number of carbonyl (C=O) groups excluding carboxylic acids is 2. The first kappa shape index (κ1) is 36.3. The van der Waals surface area contributed by atoms with Gasteiger partial charge in [-0.15, -0.1) is 0 Å². The first-order valence-corrected chi connectivity index (χ1v) is 18.8. The number of fused-ring (bicyclic) bond motifs is 3. The minimum atomic E-state index is -0.922. The van der Waals surface area contributed by atoms with Crippen molar-refractivity contribution in [2.24, 2.45) is 14.1 Å². The van der Waals surface area contributed by atoms with Crippen LogP contribution in [-0.2, 0) is 43.2 Å². The number of amides is 2. The van der Waals surface area contributed by atoms with Crippen molar-refractivity contribution in [3.05, 3.63) is 104 Å². The lowest BCUT2D eigenvalue weighted by atomic mass is 9.93. The smallest absolute Gasteiger partial charge is 0.329 e. The van der Waals surface area contributed by atoms with Gasteiger partial charge in [0.15, 0.2) is 0 Å². The second-order valence-electron chi connectivity index (χ2n) is 15.1. The Morgan fingerprint density at radius 2 is 1.77 bits per heavy atom. The fourth-order valence-corrected chi connectivity index (χ4v) is 8.58. The van der Waals surface area contributed by atoms with Gasteiger partial charge in [0.05, 0.1) is 36.6 Å². The number of anilines is 1. The summed E-state index contributed by atoms with van der Waals surface area (Å²) in [7, 11) is 4.78. The van der Waals surface area contributed by atoms with Crippen LogP contribution in [0.4, 0.5) is 14.6 Å². The molecule has 57 heavy (non-hydrogen) atoms. The summed E-state index contributed by atoms with van der Waals surface area (Å²) in [6, 6.07) is 13.1. The number of aryl methyl sites for hydroxylation is 2. The molecule has 0 bridgehead atoms. The Balaban J connectivity index is 1.01. The summed E-state index contributed by atoms with van der Waals surface area (Å²) in [5, 5.41) is 14.8. The van der Waals surface area contributed by atoms with Gasteiger partial charge in [-0.1, -0.05) is 18.2 Å². The average molecular weight is 776 g/mol. The van der Waals surface area contributed by atoms with E-state index in [1.54, 1.807) is 49.5 Å². The summed E-state index contributed by atoms with van der Waals surface area (Å²) in [6.45, 7) is 1.57. The number of phenols is 1. The van der Waals surface area contributed by atoms with E-state index in [4.69, 9.17) is 4.74 Å². The summed E-state index contributed by atoms with van der Waals surface area (Å²) in [4.78, 5) is 59.4. The number of hydrogen-bond acceptors (Lipinski definition) is 9. The summed E-state index contributed by atoms with van der Waals surface area (Å²) in [6.07, 6.45) is 3.14. The number of benzene rings is 3. The molecule has 1 unspecified atom stereocenters. The molecule has 2 fully saturated rings. The number of piperidine rings is 1. The normalized spacial score (nSPS) is 17.6. The quantitative estimate of drug-likeness (QED) is 0.225. The van der Waals surface area contributed by atoms with Gasteiger partial charge < -0.3 is 19.3 Å². The van der Waals surface area contributed by atoms with Crippen molar-refractivity contribution in [3.8, 4) is 33.8 Å². The van der Waals surface area contributed by atoms with Crippen molar-refractivity contribution >= 4 is 39.4 Å². The third kappa shape index (κ3) is 6.04. The van der Waals surface area contributed by atoms with Crippen LogP contribution < -0.4 is 26.2 Å². The summed E-state index contributed by atoms with van der Waals surface area (Å²) >= 11 is 0. The van der Waals surface area contributed by atoms with E-state index >= 15 is 4.39 Å². The number of methoxy groups -OCH3 is 1. The first-order chi connectivity index (χ1) is 27.4. The molecule has 0 spiro atoms. The van der Waals surface area contributed by atoms with Crippen LogP contribution in [0.1, 0.15) is 35.6 Å². The third-order valence-corrected chi connectivity index (χ3v) is 11.6. The van der Waals surface area contributed by atoms with Gasteiger partial charge in [-0.2, -0.15) is 0 Å². The zero-order chi connectivity index (χ0) is 39.9. The first-order valence-electron chi connectivity index (χ1n) is 18.8. The number of ether oxygens (including phenoxy) is 1. The van der Waals surface area contributed by atoms with Crippen LogP contribution in [0.2, 0.25) is 0 Å². The van der Waals surface area contributed by atoms with Crippen molar-refractivity contribution in [2.45, 2.75) is 44.6 Å². The van der Waals surface area contributed by atoms with E-state index in [2.05, 4.69) is 10.3 Å². The number of nitrogens with one attached hydrogen (secondary N) is 1. The van der Waals surface area contributed by atoms with Crippen molar-refractivity contribution in [3.63, 3.8) is 0 Å². The monoisotopic (exact) mass is 775 g/mol. The van der Waals surface area contributed by atoms with E-state index in [-0.39, 0.29) is 56.2 Å². The molecule has 6 heterocycles. The molecule has 6 aromatic rings. The van der Waals surface area contributed by atoms with Gasteiger partial charge >= 0.3 is 5.69 Å². The number of pyridine rings is 2. The number of aromatic nitrogens is 4. The number of aromatic hydroxyl groups is 1. The molecule has 0 radical (unpaired) electrons. The molecule has 0 aliphatic carbocycles. The number of hydrogen-bond donors (Lipinski definition) is 2. The molecular formula is C42H39F2N7O6. The highest BCUT2D eigenvalue weighted by molar-refractivity contribution is 6.01. The van der Waals surface area contributed by atoms with Gasteiger partial charge in [-0.25, -0.2) is 18.6 Å². The highest BCUT2D eigenvalue weighted by atomic mass is 19.1. The molecule has 15 heteroatoms. The minimum absolute atomic E-state index is 0.0202. The van der Waals surface area contributed by atoms with Gasteiger partial charge in [0, 0.05) is 80.2 Å². The molecule has 3 aliphatic rings. The Morgan fingerprint density at radius 3 is 2.53 bits per heavy atom. The topological polar surface area (TPSA) is 144 Å². The number of imide groups is 1. The number of halogens is 2. The van der Waals surface area contributed by atoms with Gasteiger partial charge in [-0.05, 0) is 59.9 Å². The Labute approximate surface area is 324 Å². The SMILES string of the molecule is COc1cc(-c2cn(C)c(=O)c3cnc(N4CC(F)C4)cc23)cc(O)c1CN1CCc2cc(-c3cccc4c3n(C)c(=O)n4C3CCC(=O)NC3=O)cc(F)c2C1. The second-order valence-corrected chi connectivity index (χ2v) is 15.1. The number of para-hydroxylation sites is 1. The molecule has 9 rings (SSSR count). The molecule has 2 saturated heterocycles. The number of phenolic OH excluding ortho intramolecular Hbond substituents is 1. The standard InChI is InChI=1S/C42H39F2N7O6/c1-47-19-29(27-15-37(50-17-25(43)18-50)45-16-28(27)41(47)55)24-13-35(52)31(36(14-24)57-3)21-49-10-9-22-11-23(12-32(44)30(22)20-49)26-5-4-6-33-39(26)48(2)42(56)51(33)34-7-8-38(53)46-40(34)54/h4-6,11-16,19,25,34,52H,7-10,17-18,20-21H2,1-3H3,(H,46,53,54). The van der Waals surface area contributed by atoms with E-state index in [1.165, 1.54) is 33.1 Å². The number of nitrogens with zero attached hydrogens (tertiary/aromatic N) is 6. The molecule has 2 N–H and O–H groups in total. The number of imidazole rings is 1. The van der Waals surface area contributed by atoms with Gasteiger partial charge in [0.2, 0.25) is 11.8 Å². The number of rotatable bonds is 7. The largest absolute Gasteiger partial charge is 0.507 e. The van der Waals surface area contributed by atoms with Crippen molar-refractivity contribution in [2.75, 3.05) is 31.6 Å². The zero-order valence-electron chi connectivity index (χ0n) is 31.5. The van der Waals surface area contributed by atoms with Crippen LogP contribution in [0.25, 0.3) is 44.1 Å². The fourth-order valence-electron chi connectivity index (χ4n) is 8.58. The lowest BCUT2D eigenvalue weighted by Gasteiger charge is -2.35. The van der Waals surface area contributed by atoms with Gasteiger partial charge in [0.25, 0.3) is 5.56 Å². The number of carbonyl (C=O) groups is 2. The maximum absolute atomic E-state index is 16.2. The van der Waals surface area contributed by atoms with Crippen LogP contribution in [0.3, 0.4) is 0 Å². The van der Waals surface area contributed by atoms with Crippen molar-refractivity contribution < 1.29 is 28.2 Å². The summed E-state index contributed by atoms with van der Waals surface area (Å²) in [5.74, 6) is -0.328. The van der Waals surface area contributed by atoms with E-state index < -0.39 is 29.6 Å². The number of alkyl halides is 1. The van der Waals surface area contributed by atoms with Crippen LogP contribution >= 0.6 is 0 Å². The maximum Gasteiger partial charge on any atom is 0.329 e. The molecule has 292 valence electrons. The highest BCUT2D eigenvalue weighted by Gasteiger charge is 2.33. The maximum atomic E-state index is 16.2. The Hall–Kier alpha value is -6.35. The molecule has 3 aliphatic heterocycles. The van der Waals surface area contributed by atoms with E-state index in [0.717, 1.165) is 5.56 Å². The Morgan fingerprint density at radius 1 is 0.982 bits per heavy atom. The van der Waals surface area contributed by atoms with Crippen LogP contribution in [0, 0.1) is 5.82 Å². The molecule has 3 aromatic carbocycles. The molecule has 1 atom stereocenters. The summed E-state index contributed by atoms with van der Waals surface area (Å²) < 4.78 is 40.0. The van der Waals surface area contributed by atoms with E-state index in [0.29, 0.717) is 79.7 Å². The van der Waals surface area contributed by atoms with Crippen molar-refractivity contribution in [1.29, 1.82) is 0 Å². The predicted molar refractivity (Wildman–Crippen MR) is 210 cm³/mol. The predicted octanol–water partition coefficient (Wildman–Crippen LogP) is 4.47. The highest BCUT2D eigenvalue weighted by Crippen LogP contribution is 2.40. The van der Waals surface area contributed by atoms with E-state index in [1.807, 2.05) is 23.1 Å². The molecule has 3 aromatic heterocycles. The zero-order valence-corrected chi connectivity index (χ0v) is 31.5. The summed E-state index contributed by atoms with van der Waals surface area (Å²) in [5.41, 5.74) is 4.86. The van der Waals surface area contributed by atoms with Crippen LogP contribution in [0.5, 0.6) is 11.5 Å². The van der Waals surface area contributed by atoms with E-state index in [9.17, 15) is 28.7 Å². The third-order valence-electron chi connectivity index (χ3n) is 11.6. The van der Waals surface area contributed by atoms with Gasteiger partial charge in [0.1, 0.15) is 35.3 Å². The molecule has 2 amide bonds. The lowest BCUT2D eigenvalue weighted by molar-refractivity contribution is -0.135. The molecular weight excluding hydrogens is 737 g/mol. The average Bonchev–Trinajstić information content (AvgIpc) is 3.44. The molecule has 13 nitrogen and oxygen atoms in total. The Kier molecular flexibility index (Phi) is 8.72. The van der Waals surface area contributed by atoms with Crippen LogP contribution in [-0.4, -0.2) is 73.4 Å². The molecule has 0 saturated carbocycles. The lowest BCUT2D eigenvalue weighted by Crippen LogP contribution is -2.48.